The van der Waals surface area contributed by atoms with E-state index in [4.69, 9.17) is 4.74 Å². The third kappa shape index (κ3) is 3.49. The highest BCUT2D eigenvalue weighted by molar-refractivity contribution is 5.99. The molecule has 0 aromatic carbocycles. The number of aromatic nitrogens is 1. The Kier molecular flexibility index (Phi) is 5.11. The smallest absolute Gasteiger partial charge is 0.272 e. The number of likely N-dealkylation sites (N-methyl/N-ethyl adjacent to an activating group) is 1. The van der Waals surface area contributed by atoms with Crippen molar-refractivity contribution in [2.75, 3.05) is 39.1 Å². The summed E-state index contributed by atoms with van der Waals surface area (Å²) < 4.78 is 30.0. The number of carbonyl (C=O) groups excluding carboxylic acids is 1. The molecule has 0 bridgehead atoms. The predicted molar refractivity (Wildman–Crippen MR) is 93.9 cm³/mol. The van der Waals surface area contributed by atoms with Crippen LogP contribution in [0, 0.1) is 0 Å². The van der Waals surface area contributed by atoms with Crippen molar-refractivity contribution in [1.82, 2.24) is 14.8 Å². The van der Waals surface area contributed by atoms with Gasteiger partial charge in [-0.1, -0.05) is 6.08 Å². The summed E-state index contributed by atoms with van der Waals surface area (Å²) in [7, 11) is 3.57. The molecule has 140 valence electrons. The molecule has 0 fully saturated rings. The highest BCUT2D eigenvalue weighted by atomic mass is 19.3. The number of hydrogen-bond donors (Lipinski definition) is 1. The number of anilines is 1. The number of alkyl halides is 2. The molecule has 6 nitrogen and oxygen atoms in total. The van der Waals surface area contributed by atoms with Crippen molar-refractivity contribution < 1.29 is 18.3 Å². The van der Waals surface area contributed by atoms with Crippen molar-refractivity contribution >= 4 is 11.7 Å². The summed E-state index contributed by atoms with van der Waals surface area (Å²) in [5.74, 6) is 1.14. The minimum absolute atomic E-state index is 0.0242. The van der Waals surface area contributed by atoms with Gasteiger partial charge in [0.25, 0.3) is 12.3 Å². The Hall–Kier alpha value is -2.64. The standard InChI is InChI=1S/C18H22F2N4O2/c1-11-6-12(7-23(3)18(11)26-10-15(19)20)8-24-9-14-13(17(24)25)4-5-22-16(14)21-2/h4-6,15H,7-10H2,1-3H3,(H,21,22). The van der Waals surface area contributed by atoms with Crippen LogP contribution in [0.1, 0.15) is 22.8 Å². The number of ether oxygens (including phenoxy) is 1. The number of nitrogens with zero attached hydrogens (tertiary/aromatic N) is 3. The molecule has 26 heavy (non-hydrogen) atoms. The molecule has 8 heteroatoms. The predicted octanol–water partition coefficient (Wildman–Crippen LogP) is 2.46. The Labute approximate surface area is 151 Å². The number of amides is 1. The first-order valence-corrected chi connectivity index (χ1v) is 8.38. The number of pyridine rings is 1. The number of hydrogen-bond acceptors (Lipinski definition) is 5. The van der Waals surface area contributed by atoms with E-state index < -0.39 is 13.0 Å². The average molecular weight is 364 g/mol. The molecule has 0 atom stereocenters. The Bertz CT molecular complexity index is 776. The molecule has 0 radical (unpaired) electrons. The molecule has 1 amide bonds. The van der Waals surface area contributed by atoms with Gasteiger partial charge in [-0.2, -0.15) is 0 Å². The largest absolute Gasteiger partial charge is 0.473 e. The third-order valence-electron chi connectivity index (χ3n) is 4.44. The van der Waals surface area contributed by atoms with Crippen LogP contribution in [-0.4, -0.2) is 60.9 Å². The molecular weight excluding hydrogens is 342 g/mol. The summed E-state index contributed by atoms with van der Waals surface area (Å²) in [6.45, 7) is 2.68. The number of carbonyl (C=O) groups is 1. The van der Waals surface area contributed by atoms with Crippen LogP contribution in [0.15, 0.2) is 35.4 Å². The molecule has 1 aromatic heterocycles. The lowest BCUT2D eigenvalue weighted by molar-refractivity contribution is 0.0225. The molecule has 1 aromatic rings. The molecule has 3 heterocycles. The van der Waals surface area contributed by atoms with Crippen LogP contribution in [0.3, 0.4) is 0 Å². The average Bonchev–Trinajstić information content (AvgIpc) is 2.90. The van der Waals surface area contributed by atoms with Crippen molar-refractivity contribution in [2.45, 2.75) is 19.9 Å². The molecule has 0 saturated carbocycles. The summed E-state index contributed by atoms with van der Waals surface area (Å²) in [4.78, 5) is 20.5. The Morgan fingerprint density at radius 3 is 2.81 bits per heavy atom. The summed E-state index contributed by atoms with van der Waals surface area (Å²) in [5.41, 5.74) is 3.37. The number of rotatable bonds is 6. The van der Waals surface area contributed by atoms with E-state index in [9.17, 15) is 13.6 Å². The molecule has 0 spiro atoms. The fourth-order valence-electron chi connectivity index (χ4n) is 3.43. The summed E-state index contributed by atoms with van der Waals surface area (Å²) >= 11 is 0. The molecule has 2 aliphatic rings. The van der Waals surface area contributed by atoms with Gasteiger partial charge in [0.15, 0.2) is 12.5 Å². The monoisotopic (exact) mass is 364 g/mol. The van der Waals surface area contributed by atoms with Gasteiger partial charge in [0.2, 0.25) is 0 Å². The number of allylic oxidation sites excluding steroid dienone is 2. The maximum absolute atomic E-state index is 12.7. The summed E-state index contributed by atoms with van der Waals surface area (Å²) in [6, 6.07) is 1.74. The van der Waals surface area contributed by atoms with E-state index in [1.807, 2.05) is 13.0 Å². The van der Waals surface area contributed by atoms with Gasteiger partial charge in [-0.3, -0.25) is 4.79 Å². The van der Waals surface area contributed by atoms with Crippen molar-refractivity contribution in [3.63, 3.8) is 0 Å². The maximum Gasteiger partial charge on any atom is 0.272 e. The maximum atomic E-state index is 12.7. The molecule has 2 aliphatic heterocycles. The lowest BCUT2D eigenvalue weighted by Gasteiger charge is -2.30. The van der Waals surface area contributed by atoms with E-state index in [1.54, 1.807) is 36.2 Å². The van der Waals surface area contributed by atoms with Crippen LogP contribution in [-0.2, 0) is 11.3 Å². The molecule has 0 unspecified atom stereocenters. The quantitative estimate of drug-likeness (QED) is 0.840. The number of fused-ring (bicyclic) bond motifs is 1. The fraction of sp³-hybridized carbons (Fsp3) is 0.444. The van der Waals surface area contributed by atoms with Crippen molar-refractivity contribution in [3.05, 3.63) is 46.5 Å². The fourth-order valence-corrected chi connectivity index (χ4v) is 3.43. The minimum atomic E-state index is -2.51. The van der Waals surface area contributed by atoms with Crippen LogP contribution < -0.4 is 5.32 Å². The van der Waals surface area contributed by atoms with Gasteiger partial charge < -0.3 is 19.9 Å². The molecule has 1 N–H and O–H groups in total. The third-order valence-corrected chi connectivity index (χ3v) is 4.44. The lowest BCUT2D eigenvalue weighted by Crippen LogP contribution is -2.33. The van der Waals surface area contributed by atoms with Gasteiger partial charge in [0.1, 0.15) is 5.82 Å². The van der Waals surface area contributed by atoms with Crippen LogP contribution in [0.2, 0.25) is 0 Å². The zero-order chi connectivity index (χ0) is 18.8. The van der Waals surface area contributed by atoms with E-state index in [1.165, 1.54) is 0 Å². The second-order valence-corrected chi connectivity index (χ2v) is 6.45. The topological polar surface area (TPSA) is 57.7 Å². The van der Waals surface area contributed by atoms with Gasteiger partial charge in [-0.15, -0.1) is 0 Å². The molecule has 0 aliphatic carbocycles. The second-order valence-electron chi connectivity index (χ2n) is 6.45. The molecular formula is C18H22F2N4O2. The van der Waals surface area contributed by atoms with Crippen molar-refractivity contribution in [2.24, 2.45) is 0 Å². The van der Waals surface area contributed by atoms with Crippen LogP contribution in [0.5, 0.6) is 0 Å². The first-order valence-electron chi connectivity index (χ1n) is 8.38. The Morgan fingerprint density at radius 1 is 1.38 bits per heavy atom. The SMILES string of the molecule is CNc1nccc2c1CN(CC1=CC(C)=C(OCC(F)F)N(C)C1)C2=O. The van der Waals surface area contributed by atoms with Crippen molar-refractivity contribution in [3.8, 4) is 0 Å². The Morgan fingerprint density at radius 2 is 2.15 bits per heavy atom. The first-order chi connectivity index (χ1) is 12.4. The molecule has 3 rings (SSSR count). The van der Waals surface area contributed by atoms with E-state index >= 15 is 0 Å². The van der Waals surface area contributed by atoms with Crippen LogP contribution in [0.25, 0.3) is 0 Å². The Balaban J connectivity index is 1.74. The van der Waals surface area contributed by atoms with Gasteiger partial charge >= 0.3 is 0 Å². The van der Waals surface area contributed by atoms with Crippen LogP contribution >= 0.6 is 0 Å². The molecule has 0 saturated heterocycles. The number of halogens is 2. The van der Waals surface area contributed by atoms with E-state index in [0.29, 0.717) is 36.9 Å². The van der Waals surface area contributed by atoms with Gasteiger partial charge in [0.05, 0.1) is 6.54 Å². The van der Waals surface area contributed by atoms with Crippen molar-refractivity contribution in [1.29, 1.82) is 0 Å². The highest BCUT2D eigenvalue weighted by Crippen LogP contribution is 2.29. The zero-order valence-electron chi connectivity index (χ0n) is 15.1. The van der Waals surface area contributed by atoms with Gasteiger partial charge in [-0.05, 0) is 18.6 Å². The van der Waals surface area contributed by atoms with E-state index in [0.717, 1.165) is 16.7 Å². The highest BCUT2D eigenvalue weighted by Gasteiger charge is 2.31. The van der Waals surface area contributed by atoms with E-state index in [2.05, 4.69) is 10.3 Å². The van der Waals surface area contributed by atoms with Crippen LogP contribution in [0.4, 0.5) is 14.6 Å². The normalized spacial score (nSPS) is 17.0. The summed E-state index contributed by atoms with van der Waals surface area (Å²) in [6.07, 6.45) is 1.03. The summed E-state index contributed by atoms with van der Waals surface area (Å²) in [5, 5.41) is 3.02. The lowest BCUT2D eigenvalue weighted by atomic mass is 10.1. The van der Waals surface area contributed by atoms with Gasteiger partial charge in [-0.25, -0.2) is 13.8 Å². The second kappa shape index (κ2) is 7.31. The zero-order valence-corrected chi connectivity index (χ0v) is 15.1. The minimum Gasteiger partial charge on any atom is -0.473 e. The van der Waals surface area contributed by atoms with E-state index in [-0.39, 0.29) is 5.91 Å². The first kappa shape index (κ1) is 18.2. The number of nitrogens with one attached hydrogen (secondary N) is 1. The van der Waals surface area contributed by atoms with Gasteiger partial charge in [0, 0.05) is 50.1 Å².